The molecule has 1 aliphatic heterocycles. The molecule has 0 amide bonds. The molecule has 0 aromatic carbocycles. The molecule has 0 N–H and O–H groups in total. The minimum absolute atomic E-state index is 0.0788. The molecule has 1 rings (SSSR count). The Hall–Kier alpha value is -0.410. The molecule has 0 bridgehead atoms. The van der Waals surface area contributed by atoms with Crippen molar-refractivity contribution in [2.24, 2.45) is 0 Å². The van der Waals surface area contributed by atoms with E-state index in [1.807, 2.05) is 0 Å². The van der Waals surface area contributed by atoms with Crippen LogP contribution in [0.5, 0.6) is 0 Å². The zero-order valence-corrected chi connectivity index (χ0v) is 6.08. The summed E-state index contributed by atoms with van der Waals surface area (Å²) in [6.45, 7) is 0. The minimum atomic E-state index is -0.0788. The lowest BCUT2D eigenvalue weighted by Gasteiger charge is -2.08. The first kappa shape index (κ1) is 7.69. The Morgan fingerprint density at radius 3 is 3.00 bits per heavy atom. The number of methoxy groups -OCH3 is 1. The van der Waals surface area contributed by atoms with Crippen molar-refractivity contribution in [1.82, 2.24) is 0 Å². The van der Waals surface area contributed by atoms with E-state index in [1.54, 1.807) is 7.11 Å². The van der Waals surface area contributed by atoms with Gasteiger partial charge in [0.25, 0.3) is 0 Å². The summed E-state index contributed by atoms with van der Waals surface area (Å²) in [6.07, 6.45) is 3.27. The zero-order valence-electron chi connectivity index (χ0n) is 6.08. The van der Waals surface area contributed by atoms with Crippen LogP contribution in [0.4, 0.5) is 0 Å². The first-order chi connectivity index (χ1) is 4.86. The van der Waals surface area contributed by atoms with Gasteiger partial charge in [0.05, 0.1) is 6.10 Å². The molecule has 0 aromatic heterocycles. The van der Waals surface area contributed by atoms with Gasteiger partial charge in [0.1, 0.15) is 6.29 Å². The predicted octanol–water partition coefficient (Wildman–Crippen LogP) is 0.727. The molecular formula is C7H12O3. The highest BCUT2D eigenvalue weighted by Crippen LogP contribution is 2.21. The van der Waals surface area contributed by atoms with Gasteiger partial charge < -0.3 is 14.3 Å². The van der Waals surface area contributed by atoms with Crippen LogP contribution in [0.15, 0.2) is 0 Å². The second-order valence-corrected chi connectivity index (χ2v) is 2.40. The molecule has 3 heteroatoms. The summed E-state index contributed by atoms with van der Waals surface area (Å²) >= 11 is 0. The fourth-order valence-corrected chi connectivity index (χ4v) is 1.13. The van der Waals surface area contributed by atoms with Gasteiger partial charge in [-0.25, -0.2) is 0 Å². The molecule has 0 unspecified atom stereocenters. The average molecular weight is 144 g/mol. The highest BCUT2D eigenvalue weighted by Gasteiger charge is 2.23. The Kier molecular flexibility index (Phi) is 2.83. The third kappa shape index (κ3) is 1.78. The van der Waals surface area contributed by atoms with Crippen LogP contribution in [0, 0.1) is 0 Å². The first-order valence-corrected chi connectivity index (χ1v) is 3.48. The molecule has 1 saturated heterocycles. The van der Waals surface area contributed by atoms with E-state index in [1.165, 1.54) is 0 Å². The quantitative estimate of drug-likeness (QED) is 0.548. The molecule has 0 radical (unpaired) electrons. The van der Waals surface area contributed by atoms with Crippen molar-refractivity contribution in [2.75, 3.05) is 7.11 Å². The Morgan fingerprint density at radius 2 is 2.50 bits per heavy atom. The zero-order chi connectivity index (χ0) is 7.40. The van der Waals surface area contributed by atoms with Crippen LogP contribution in [-0.4, -0.2) is 25.8 Å². The van der Waals surface area contributed by atoms with E-state index in [-0.39, 0.29) is 12.4 Å². The van der Waals surface area contributed by atoms with Crippen molar-refractivity contribution in [2.45, 2.75) is 31.7 Å². The van der Waals surface area contributed by atoms with Gasteiger partial charge in [-0.15, -0.1) is 0 Å². The summed E-state index contributed by atoms with van der Waals surface area (Å²) in [5.74, 6) is 0. The summed E-state index contributed by atoms with van der Waals surface area (Å²) in [5, 5.41) is 0. The van der Waals surface area contributed by atoms with Gasteiger partial charge in [-0.1, -0.05) is 0 Å². The van der Waals surface area contributed by atoms with E-state index in [4.69, 9.17) is 9.47 Å². The largest absolute Gasteiger partial charge is 0.356 e. The maximum atomic E-state index is 10.0. The van der Waals surface area contributed by atoms with Gasteiger partial charge in [-0.3, -0.25) is 0 Å². The van der Waals surface area contributed by atoms with Gasteiger partial charge in [-0.2, -0.15) is 0 Å². The second-order valence-electron chi connectivity index (χ2n) is 2.40. The molecule has 2 atom stereocenters. The SMILES string of the molecule is CO[C@@H]1CC[C@@H](CC=O)O1. The van der Waals surface area contributed by atoms with E-state index in [9.17, 15) is 4.79 Å². The summed E-state index contributed by atoms with van der Waals surface area (Å²) < 4.78 is 10.2. The summed E-state index contributed by atoms with van der Waals surface area (Å²) in [6, 6.07) is 0. The molecule has 3 nitrogen and oxygen atoms in total. The summed E-state index contributed by atoms with van der Waals surface area (Å²) in [5.41, 5.74) is 0. The lowest BCUT2D eigenvalue weighted by Crippen LogP contribution is -2.12. The molecule has 0 aliphatic carbocycles. The number of ether oxygens (including phenoxy) is 2. The molecule has 0 aromatic rings. The van der Waals surface area contributed by atoms with Crippen molar-refractivity contribution in [3.05, 3.63) is 0 Å². The Labute approximate surface area is 60.3 Å². The van der Waals surface area contributed by atoms with Crippen LogP contribution < -0.4 is 0 Å². The monoisotopic (exact) mass is 144 g/mol. The Bertz CT molecular complexity index is 113. The van der Waals surface area contributed by atoms with Gasteiger partial charge in [-0.05, 0) is 6.42 Å². The summed E-state index contributed by atoms with van der Waals surface area (Å²) in [7, 11) is 1.62. The van der Waals surface area contributed by atoms with Crippen LogP contribution in [-0.2, 0) is 14.3 Å². The normalized spacial score (nSPS) is 32.5. The molecule has 1 aliphatic rings. The standard InChI is InChI=1S/C7H12O3/c1-9-7-3-2-6(10-7)4-5-8/h5-7H,2-4H2,1H3/t6-,7-/m0/s1. The fourth-order valence-electron chi connectivity index (χ4n) is 1.13. The van der Waals surface area contributed by atoms with Crippen LogP contribution in [0.1, 0.15) is 19.3 Å². The molecule has 0 saturated carbocycles. The molecule has 1 fully saturated rings. The number of aldehydes is 1. The van der Waals surface area contributed by atoms with Crippen LogP contribution >= 0.6 is 0 Å². The second kappa shape index (κ2) is 3.68. The third-order valence-corrected chi connectivity index (χ3v) is 1.69. The third-order valence-electron chi connectivity index (χ3n) is 1.69. The lowest BCUT2D eigenvalue weighted by molar-refractivity contribution is -0.124. The van der Waals surface area contributed by atoms with Gasteiger partial charge in [0.15, 0.2) is 6.29 Å². The van der Waals surface area contributed by atoms with E-state index < -0.39 is 0 Å². The van der Waals surface area contributed by atoms with Gasteiger partial charge in [0, 0.05) is 20.0 Å². The number of carbonyl (C=O) groups is 1. The van der Waals surface area contributed by atoms with Crippen molar-refractivity contribution < 1.29 is 14.3 Å². The van der Waals surface area contributed by atoms with Crippen molar-refractivity contribution in [3.8, 4) is 0 Å². The van der Waals surface area contributed by atoms with E-state index in [2.05, 4.69) is 0 Å². The maximum absolute atomic E-state index is 10.0. The lowest BCUT2D eigenvalue weighted by atomic mass is 10.2. The topological polar surface area (TPSA) is 35.5 Å². The minimum Gasteiger partial charge on any atom is -0.356 e. The number of carbonyl (C=O) groups excluding carboxylic acids is 1. The van der Waals surface area contributed by atoms with Crippen LogP contribution in [0.2, 0.25) is 0 Å². The summed E-state index contributed by atoms with van der Waals surface area (Å²) in [4.78, 5) is 10.0. The van der Waals surface area contributed by atoms with Crippen LogP contribution in [0.3, 0.4) is 0 Å². The molecule has 1 heterocycles. The van der Waals surface area contributed by atoms with Crippen molar-refractivity contribution in [3.63, 3.8) is 0 Å². The molecule has 58 valence electrons. The number of hydrogen-bond acceptors (Lipinski definition) is 3. The highest BCUT2D eigenvalue weighted by molar-refractivity contribution is 5.50. The average Bonchev–Trinajstić information content (AvgIpc) is 2.37. The van der Waals surface area contributed by atoms with Crippen LogP contribution in [0.25, 0.3) is 0 Å². The number of hydrogen-bond donors (Lipinski definition) is 0. The smallest absolute Gasteiger partial charge is 0.157 e. The van der Waals surface area contributed by atoms with Gasteiger partial charge >= 0.3 is 0 Å². The number of rotatable bonds is 3. The Balaban J connectivity index is 2.21. The van der Waals surface area contributed by atoms with Gasteiger partial charge in [0.2, 0.25) is 0 Å². The van der Waals surface area contributed by atoms with E-state index in [0.29, 0.717) is 6.42 Å². The van der Waals surface area contributed by atoms with Crippen molar-refractivity contribution in [1.29, 1.82) is 0 Å². The van der Waals surface area contributed by atoms with E-state index in [0.717, 1.165) is 19.1 Å². The fraction of sp³-hybridized carbons (Fsp3) is 0.857. The highest BCUT2D eigenvalue weighted by atomic mass is 16.7. The molecular weight excluding hydrogens is 132 g/mol. The van der Waals surface area contributed by atoms with E-state index >= 15 is 0 Å². The first-order valence-electron chi connectivity index (χ1n) is 3.48. The van der Waals surface area contributed by atoms with Crippen molar-refractivity contribution >= 4 is 6.29 Å². The predicted molar refractivity (Wildman–Crippen MR) is 35.6 cm³/mol. The molecule has 0 spiro atoms. The Morgan fingerprint density at radius 1 is 1.70 bits per heavy atom. The maximum Gasteiger partial charge on any atom is 0.157 e. The molecule has 10 heavy (non-hydrogen) atoms.